The van der Waals surface area contributed by atoms with E-state index >= 15 is 0 Å². The van der Waals surface area contributed by atoms with Crippen molar-refractivity contribution in [2.24, 2.45) is 0 Å². The maximum atomic E-state index is 13.4. The zero-order valence-electron chi connectivity index (χ0n) is 17.5. The Morgan fingerprint density at radius 3 is 1.84 bits per heavy atom. The van der Waals surface area contributed by atoms with Crippen LogP contribution in [0.2, 0.25) is 0 Å². The molecule has 0 saturated carbocycles. The van der Waals surface area contributed by atoms with Crippen molar-refractivity contribution in [2.45, 2.75) is 25.4 Å². The molecule has 0 radical (unpaired) electrons. The molecule has 0 unspecified atom stereocenters. The van der Waals surface area contributed by atoms with E-state index in [4.69, 9.17) is 5.11 Å². The van der Waals surface area contributed by atoms with Gasteiger partial charge in [-0.15, -0.1) is 0 Å². The van der Waals surface area contributed by atoms with Crippen LogP contribution in [0.3, 0.4) is 0 Å². The van der Waals surface area contributed by atoms with E-state index in [1.54, 1.807) is 4.90 Å². The molecule has 0 fully saturated rings. The molecule has 31 heavy (non-hydrogen) atoms. The molecular formula is C26H28N2O3. The van der Waals surface area contributed by atoms with Crippen LogP contribution in [0.25, 0.3) is 0 Å². The summed E-state index contributed by atoms with van der Waals surface area (Å²) >= 11 is 0. The lowest BCUT2D eigenvalue weighted by atomic mass is 10.0. The number of aliphatic hydroxyl groups excluding tert-OH is 1. The Hall–Kier alpha value is -3.44. The summed E-state index contributed by atoms with van der Waals surface area (Å²) in [5, 5.41) is 11.9. The van der Waals surface area contributed by atoms with Crippen molar-refractivity contribution in [2.75, 3.05) is 13.2 Å². The van der Waals surface area contributed by atoms with Crippen LogP contribution in [-0.4, -0.2) is 41.0 Å². The summed E-state index contributed by atoms with van der Waals surface area (Å²) in [6.07, 6.45) is 0.609. The van der Waals surface area contributed by atoms with E-state index < -0.39 is 6.04 Å². The van der Waals surface area contributed by atoms with Gasteiger partial charge in [0.05, 0.1) is 13.0 Å². The molecule has 0 aliphatic rings. The number of rotatable bonds is 10. The maximum Gasteiger partial charge on any atom is 0.243 e. The van der Waals surface area contributed by atoms with Gasteiger partial charge in [0.1, 0.15) is 6.04 Å². The molecule has 5 heteroatoms. The number of amides is 2. The summed E-state index contributed by atoms with van der Waals surface area (Å²) in [4.78, 5) is 28.2. The van der Waals surface area contributed by atoms with Crippen molar-refractivity contribution in [1.82, 2.24) is 10.2 Å². The molecule has 3 aromatic carbocycles. The molecule has 2 N–H and O–H groups in total. The minimum atomic E-state index is -0.689. The summed E-state index contributed by atoms with van der Waals surface area (Å²) in [6.45, 7) is 0.327. The Kier molecular flexibility index (Phi) is 8.38. The van der Waals surface area contributed by atoms with Crippen LogP contribution in [0.15, 0.2) is 91.0 Å². The smallest absolute Gasteiger partial charge is 0.243 e. The quantitative estimate of drug-likeness (QED) is 0.534. The van der Waals surface area contributed by atoms with Gasteiger partial charge in [0.2, 0.25) is 11.8 Å². The SMILES string of the molecule is O=C(NCCO)[C@H](Cc1ccccc1)N(Cc1ccccc1)C(=O)Cc1ccccc1. The first kappa shape index (κ1) is 22.2. The largest absolute Gasteiger partial charge is 0.395 e. The Balaban J connectivity index is 1.91. The molecule has 0 aliphatic heterocycles. The molecule has 0 aliphatic carbocycles. The second kappa shape index (κ2) is 11.7. The van der Waals surface area contributed by atoms with Crippen molar-refractivity contribution >= 4 is 11.8 Å². The lowest BCUT2D eigenvalue weighted by Crippen LogP contribution is -2.51. The Bertz CT molecular complexity index is 946. The number of carbonyl (C=O) groups is 2. The molecule has 3 aromatic rings. The Labute approximate surface area is 183 Å². The topological polar surface area (TPSA) is 69.6 Å². The monoisotopic (exact) mass is 416 g/mol. The van der Waals surface area contributed by atoms with Crippen LogP contribution in [-0.2, 0) is 29.0 Å². The second-order valence-corrected chi connectivity index (χ2v) is 7.39. The van der Waals surface area contributed by atoms with Crippen LogP contribution < -0.4 is 5.32 Å². The predicted molar refractivity (Wildman–Crippen MR) is 121 cm³/mol. The first-order chi connectivity index (χ1) is 15.2. The van der Waals surface area contributed by atoms with Crippen molar-refractivity contribution in [3.05, 3.63) is 108 Å². The van der Waals surface area contributed by atoms with E-state index in [1.165, 1.54) is 0 Å². The molecule has 0 spiro atoms. The van der Waals surface area contributed by atoms with Crippen molar-refractivity contribution < 1.29 is 14.7 Å². The van der Waals surface area contributed by atoms with Crippen molar-refractivity contribution in [3.63, 3.8) is 0 Å². The van der Waals surface area contributed by atoms with Crippen molar-refractivity contribution in [3.8, 4) is 0 Å². The molecule has 1 atom stereocenters. The van der Waals surface area contributed by atoms with E-state index in [2.05, 4.69) is 5.32 Å². The van der Waals surface area contributed by atoms with Gasteiger partial charge in [-0.1, -0.05) is 91.0 Å². The van der Waals surface area contributed by atoms with Gasteiger partial charge >= 0.3 is 0 Å². The predicted octanol–water partition coefficient (Wildman–Crippen LogP) is 2.98. The minimum absolute atomic E-state index is 0.116. The second-order valence-electron chi connectivity index (χ2n) is 7.39. The van der Waals surface area contributed by atoms with E-state index in [-0.39, 0.29) is 31.4 Å². The van der Waals surface area contributed by atoms with Gasteiger partial charge in [-0.3, -0.25) is 9.59 Å². The van der Waals surface area contributed by atoms with E-state index in [0.29, 0.717) is 13.0 Å². The molecule has 3 rings (SSSR count). The summed E-state index contributed by atoms with van der Waals surface area (Å²) < 4.78 is 0. The van der Waals surface area contributed by atoms with Gasteiger partial charge in [-0.2, -0.15) is 0 Å². The molecular weight excluding hydrogens is 388 g/mol. The number of carbonyl (C=O) groups excluding carboxylic acids is 2. The van der Waals surface area contributed by atoms with Gasteiger partial charge in [-0.05, 0) is 16.7 Å². The highest BCUT2D eigenvalue weighted by Crippen LogP contribution is 2.16. The third-order valence-corrected chi connectivity index (χ3v) is 5.08. The van der Waals surface area contributed by atoms with E-state index in [9.17, 15) is 9.59 Å². The molecule has 0 bridgehead atoms. The number of hydrogen-bond acceptors (Lipinski definition) is 3. The zero-order chi connectivity index (χ0) is 21.9. The van der Waals surface area contributed by atoms with Gasteiger partial charge in [0, 0.05) is 19.5 Å². The van der Waals surface area contributed by atoms with Crippen LogP contribution in [0.4, 0.5) is 0 Å². The Morgan fingerprint density at radius 2 is 1.29 bits per heavy atom. The fraction of sp³-hybridized carbons (Fsp3) is 0.231. The third-order valence-electron chi connectivity index (χ3n) is 5.08. The molecule has 5 nitrogen and oxygen atoms in total. The van der Waals surface area contributed by atoms with Crippen LogP contribution in [0, 0.1) is 0 Å². The number of benzene rings is 3. The molecule has 2 amide bonds. The molecule has 0 aromatic heterocycles. The third kappa shape index (κ3) is 6.79. The van der Waals surface area contributed by atoms with Gasteiger partial charge in [0.15, 0.2) is 0 Å². The molecule has 0 saturated heterocycles. The number of aliphatic hydroxyl groups is 1. The number of nitrogens with one attached hydrogen (secondary N) is 1. The highest BCUT2D eigenvalue weighted by atomic mass is 16.3. The first-order valence-corrected chi connectivity index (χ1v) is 10.5. The first-order valence-electron chi connectivity index (χ1n) is 10.5. The lowest BCUT2D eigenvalue weighted by molar-refractivity contribution is -0.140. The van der Waals surface area contributed by atoms with Gasteiger partial charge in [0.25, 0.3) is 0 Å². The van der Waals surface area contributed by atoms with Crippen LogP contribution >= 0.6 is 0 Å². The number of nitrogens with zero attached hydrogens (tertiary/aromatic N) is 1. The average molecular weight is 417 g/mol. The highest BCUT2D eigenvalue weighted by Gasteiger charge is 2.30. The fourth-order valence-corrected chi connectivity index (χ4v) is 3.50. The number of hydrogen-bond donors (Lipinski definition) is 2. The summed E-state index contributed by atoms with van der Waals surface area (Å²) in [5.41, 5.74) is 2.83. The standard InChI is InChI=1S/C26H28N2O3/c29-17-16-27-26(31)24(18-21-10-4-1-5-11-21)28(20-23-14-8-3-9-15-23)25(30)19-22-12-6-2-7-13-22/h1-15,24,29H,16-20H2,(H,27,31)/t24-/m0/s1. The highest BCUT2D eigenvalue weighted by molar-refractivity contribution is 5.88. The van der Waals surface area contributed by atoms with E-state index in [0.717, 1.165) is 16.7 Å². The summed E-state index contributed by atoms with van der Waals surface area (Å²) in [6, 6.07) is 28.2. The minimum Gasteiger partial charge on any atom is -0.395 e. The maximum absolute atomic E-state index is 13.4. The Morgan fingerprint density at radius 1 is 0.774 bits per heavy atom. The lowest BCUT2D eigenvalue weighted by Gasteiger charge is -2.31. The summed E-state index contributed by atoms with van der Waals surface area (Å²) in [5.74, 6) is -0.384. The molecule has 160 valence electrons. The molecule has 0 heterocycles. The van der Waals surface area contributed by atoms with Crippen molar-refractivity contribution in [1.29, 1.82) is 0 Å². The van der Waals surface area contributed by atoms with Crippen LogP contribution in [0.1, 0.15) is 16.7 Å². The van der Waals surface area contributed by atoms with Gasteiger partial charge in [-0.25, -0.2) is 0 Å². The van der Waals surface area contributed by atoms with Gasteiger partial charge < -0.3 is 15.3 Å². The summed E-state index contributed by atoms with van der Waals surface area (Å²) in [7, 11) is 0. The normalized spacial score (nSPS) is 11.5. The van der Waals surface area contributed by atoms with Crippen LogP contribution in [0.5, 0.6) is 0 Å². The zero-order valence-corrected chi connectivity index (χ0v) is 17.5. The van der Waals surface area contributed by atoms with E-state index in [1.807, 2.05) is 91.0 Å². The average Bonchev–Trinajstić information content (AvgIpc) is 2.81. The fourth-order valence-electron chi connectivity index (χ4n) is 3.50.